The molecule has 0 spiro atoms. The van der Waals surface area contributed by atoms with Crippen molar-refractivity contribution < 1.29 is 8.42 Å². The Kier molecular flexibility index (Phi) is 5.02. The molecule has 2 unspecified atom stereocenters. The molecule has 0 aromatic carbocycles. The lowest BCUT2D eigenvalue weighted by Gasteiger charge is -2.30. The first-order chi connectivity index (χ1) is 8.95. The van der Waals surface area contributed by atoms with E-state index in [0.717, 1.165) is 31.0 Å². The van der Waals surface area contributed by atoms with E-state index >= 15 is 0 Å². The Balaban J connectivity index is 2.21. The molecule has 19 heavy (non-hydrogen) atoms. The van der Waals surface area contributed by atoms with E-state index in [-0.39, 0.29) is 15.7 Å². The van der Waals surface area contributed by atoms with Crippen LogP contribution in [0.1, 0.15) is 25.7 Å². The summed E-state index contributed by atoms with van der Waals surface area (Å²) >= 11 is 6.59. The molecule has 1 aliphatic carbocycles. The fourth-order valence-corrected chi connectivity index (χ4v) is 5.62. The van der Waals surface area contributed by atoms with Crippen molar-refractivity contribution in [3.05, 3.63) is 4.60 Å². The molecule has 1 fully saturated rings. The van der Waals surface area contributed by atoms with Crippen LogP contribution in [0.25, 0.3) is 0 Å². The van der Waals surface area contributed by atoms with Gasteiger partial charge in [0, 0.05) is 18.4 Å². The molecule has 0 amide bonds. The van der Waals surface area contributed by atoms with Crippen molar-refractivity contribution >= 4 is 41.9 Å². The molecule has 1 aliphatic rings. The van der Waals surface area contributed by atoms with Crippen LogP contribution in [0.3, 0.4) is 0 Å². The standard InChI is InChI=1S/C10H16Br2N4O2S/c1-16-10(9(12)13-15-16)19(17,18)14-8-5-3-2-4-7(8)6-11/h7-8,14H,2-6H2,1H3. The van der Waals surface area contributed by atoms with Crippen LogP contribution >= 0.6 is 31.9 Å². The summed E-state index contributed by atoms with van der Waals surface area (Å²) in [5.74, 6) is 0.337. The first-order valence-electron chi connectivity index (χ1n) is 6.09. The lowest BCUT2D eigenvalue weighted by Crippen LogP contribution is -2.43. The summed E-state index contributed by atoms with van der Waals surface area (Å²) in [5, 5.41) is 8.31. The molecule has 2 rings (SSSR count). The molecule has 1 aromatic rings. The average molecular weight is 416 g/mol. The van der Waals surface area contributed by atoms with Gasteiger partial charge in [-0.2, -0.15) is 0 Å². The van der Waals surface area contributed by atoms with Gasteiger partial charge in [0.1, 0.15) is 0 Å². The molecule has 0 radical (unpaired) electrons. The minimum absolute atomic E-state index is 0.0278. The molecule has 0 saturated heterocycles. The number of hydrogen-bond acceptors (Lipinski definition) is 4. The van der Waals surface area contributed by atoms with E-state index in [1.54, 1.807) is 7.05 Å². The van der Waals surface area contributed by atoms with E-state index < -0.39 is 10.0 Å². The van der Waals surface area contributed by atoms with Crippen LogP contribution in [0.2, 0.25) is 0 Å². The van der Waals surface area contributed by atoms with Crippen LogP contribution < -0.4 is 4.72 Å². The Labute approximate surface area is 129 Å². The maximum absolute atomic E-state index is 12.4. The Bertz CT molecular complexity index is 526. The summed E-state index contributed by atoms with van der Waals surface area (Å²) in [7, 11) is -2.04. The SMILES string of the molecule is Cn1nnc(Br)c1S(=O)(=O)NC1CCCCC1CBr. The van der Waals surface area contributed by atoms with E-state index in [4.69, 9.17) is 0 Å². The summed E-state index contributed by atoms with van der Waals surface area (Å²) in [5.41, 5.74) is 0. The number of alkyl halides is 1. The first kappa shape index (κ1) is 15.4. The highest BCUT2D eigenvalue weighted by molar-refractivity contribution is 9.10. The summed E-state index contributed by atoms with van der Waals surface area (Å²) in [4.78, 5) is 0. The van der Waals surface area contributed by atoms with Gasteiger partial charge in [0.2, 0.25) is 5.03 Å². The highest BCUT2D eigenvalue weighted by atomic mass is 79.9. The third-order valence-electron chi connectivity index (χ3n) is 3.41. The molecule has 0 aliphatic heterocycles. The lowest BCUT2D eigenvalue weighted by atomic mass is 9.87. The molecule has 1 N–H and O–H groups in total. The normalized spacial score (nSPS) is 24.6. The Morgan fingerprint density at radius 2 is 2.11 bits per heavy atom. The second kappa shape index (κ2) is 6.19. The predicted octanol–water partition coefficient (Wildman–Crippen LogP) is 1.81. The molecule has 0 bridgehead atoms. The quantitative estimate of drug-likeness (QED) is 0.760. The number of aromatic nitrogens is 3. The summed E-state index contributed by atoms with van der Waals surface area (Å²) in [6, 6.07) is -0.0278. The largest absolute Gasteiger partial charge is 0.260 e. The molecule has 6 nitrogen and oxygen atoms in total. The van der Waals surface area contributed by atoms with E-state index in [0.29, 0.717) is 5.92 Å². The monoisotopic (exact) mass is 414 g/mol. The molecule has 9 heteroatoms. The summed E-state index contributed by atoms with van der Waals surface area (Å²) in [6.07, 6.45) is 4.13. The number of sulfonamides is 1. The fraction of sp³-hybridized carbons (Fsp3) is 0.800. The summed E-state index contributed by atoms with van der Waals surface area (Å²) < 4.78 is 29.1. The number of aryl methyl sites for hydroxylation is 1. The van der Waals surface area contributed by atoms with Crippen molar-refractivity contribution in [2.24, 2.45) is 13.0 Å². The molecular weight excluding hydrogens is 400 g/mol. The fourth-order valence-electron chi connectivity index (χ4n) is 2.41. The third kappa shape index (κ3) is 3.37. The molecule has 1 heterocycles. The van der Waals surface area contributed by atoms with Crippen LogP contribution in [0.4, 0.5) is 0 Å². The number of rotatable bonds is 4. The van der Waals surface area contributed by atoms with E-state index in [9.17, 15) is 8.42 Å². The predicted molar refractivity (Wildman–Crippen MR) is 78.6 cm³/mol. The van der Waals surface area contributed by atoms with Crippen molar-refractivity contribution in [2.45, 2.75) is 36.8 Å². The van der Waals surface area contributed by atoms with Gasteiger partial charge in [-0.1, -0.05) is 34.0 Å². The van der Waals surface area contributed by atoms with Gasteiger partial charge in [-0.05, 0) is 34.7 Å². The Hall–Kier alpha value is 0.01000. The first-order valence-corrected chi connectivity index (χ1v) is 9.49. The van der Waals surface area contributed by atoms with Gasteiger partial charge in [-0.25, -0.2) is 17.8 Å². The number of nitrogens with one attached hydrogen (secondary N) is 1. The summed E-state index contributed by atoms with van der Waals surface area (Å²) in [6.45, 7) is 0. The zero-order valence-corrected chi connectivity index (χ0v) is 14.5. The van der Waals surface area contributed by atoms with Crippen molar-refractivity contribution in [3.63, 3.8) is 0 Å². The second-order valence-corrected chi connectivity index (χ2v) is 7.76. The van der Waals surface area contributed by atoms with Gasteiger partial charge in [-0.15, -0.1) is 5.10 Å². The van der Waals surface area contributed by atoms with E-state index in [1.165, 1.54) is 4.68 Å². The van der Waals surface area contributed by atoms with Gasteiger partial charge in [0.25, 0.3) is 10.0 Å². The van der Waals surface area contributed by atoms with Gasteiger partial charge in [0.15, 0.2) is 4.60 Å². The molecular formula is C10H16Br2N4O2S. The van der Waals surface area contributed by atoms with E-state index in [2.05, 4.69) is 46.9 Å². The van der Waals surface area contributed by atoms with Crippen LogP contribution in [0.15, 0.2) is 9.63 Å². The van der Waals surface area contributed by atoms with Crippen molar-refractivity contribution in [3.8, 4) is 0 Å². The Morgan fingerprint density at radius 1 is 1.42 bits per heavy atom. The third-order valence-corrected chi connectivity index (χ3v) is 6.61. The maximum Gasteiger partial charge on any atom is 0.260 e. The van der Waals surface area contributed by atoms with Gasteiger partial charge < -0.3 is 0 Å². The van der Waals surface area contributed by atoms with Gasteiger partial charge >= 0.3 is 0 Å². The minimum Gasteiger partial charge on any atom is -0.235 e. The van der Waals surface area contributed by atoms with Crippen LogP contribution in [0, 0.1) is 5.92 Å². The molecule has 2 atom stereocenters. The number of halogens is 2. The van der Waals surface area contributed by atoms with Gasteiger partial charge in [-0.3, -0.25) is 0 Å². The maximum atomic E-state index is 12.4. The topological polar surface area (TPSA) is 76.9 Å². The minimum atomic E-state index is -3.60. The number of hydrogen-bond donors (Lipinski definition) is 1. The van der Waals surface area contributed by atoms with Crippen LogP contribution in [0.5, 0.6) is 0 Å². The molecule has 1 aromatic heterocycles. The zero-order chi connectivity index (χ0) is 14.0. The zero-order valence-electron chi connectivity index (χ0n) is 10.5. The van der Waals surface area contributed by atoms with Crippen LogP contribution in [-0.2, 0) is 17.1 Å². The molecule has 1 saturated carbocycles. The van der Waals surface area contributed by atoms with E-state index in [1.807, 2.05) is 0 Å². The van der Waals surface area contributed by atoms with Crippen molar-refractivity contribution in [1.82, 2.24) is 19.7 Å². The Morgan fingerprint density at radius 3 is 2.68 bits per heavy atom. The average Bonchev–Trinajstić information content (AvgIpc) is 2.70. The van der Waals surface area contributed by atoms with Crippen molar-refractivity contribution in [1.29, 1.82) is 0 Å². The van der Waals surface area contributed by atoms with Crippen LogP contribution in [-0.4, -0.2) is 34.8 Å². The molecule has 108 valence electrons. The smallest absolute Gasteiger partial charge is 0.235 e. The lowest BCUT2D eigenvalue weighted by molar-refractivity contribution is 0.316. The highest BCUT2D eigenvalue weighted by Gasteiger charge is 2.31. The second-order valence-electron chi connectivity index (χ2n) is 4.74. The number of nitrogens with zero attached hydrogens (tertiary/aromatic N) is 3. The van der Waals surface area contributed by atoms with Crippen molar-refractivity contribution in [2.75, 3.05) is 5.33 Å². The van der Waals surface area contributed by atoms with Gasteiger partial charge in [0.05, 0.1) is 0 Å². The highest BCUT2D eigenvalue weighted by Crippen LogP contribution is 2.28.